The van der Waals surface area contributed by atoms with Crippen LogP contribution in [0.25, 0.3) is 0 Å². The Labute approximate surface area is 210 Å². The molecule has 34 heavy (non-hydrogen) atoms. The van der Waals surface area contributed by atoms with Gasteiger partial charge in [0.2, 0.25) is 0 Å². The molecule has 0 spiro atoms. The highest BCUT2D eigenvalue weighted by atomic mass is 35.5. The van der Waals surface area contributed by atoms with Crippen LogP contribution in [-0.2, 0) is 22.7 Å². The van der Waals surface area contributed by atoms with Gasteiger partial charge in [0.05, 0.1) is 35.1 Å². The third-order valence-electron chi connectivity index (χ3n) is 5.59. The Morgan fingerprint density at radius 3 is 2.38 bits per heavy atom. The highest BCUT2D eigenvalue weighted by Crippen LogP contribution is 2.26. The largest absolute Gasteiger partial charge is 0.390 e. The number of hydrogen-bond acceptors (Lipinski definition) is 5. The molecule has 7 heteroatoms. The van der Waals surface area contributed by atoms with E-state index >= 15 is 0 Å². The molecule has 0 amide bonds. The van der Waals surface area contributed by atoms with E-state index in [9.17, 15) is 5.11 Å². The fourth-order valence-electron chi connectivity index (χ4n) is 3.94. The summed E-state index contributed by atoms with van der Waals surface area (Å²) < 4.78 is 5.74. The second-order valence-electron chi connectivity index (χ2n) is 8.43. The number of benzene rings is 3. The highest BCUT2D eigenvalue weighted by molar-refractivity contribution is 6.42. The Hall–Kier alpha value is -2.41. The molecule has 0 bridgehead atoms. The maximum absolute atomic E-state index is 10.7. The molecule has 1 aliphatic heterocycles. The van der Waals surface area contributed by atoms with Crippen molar-refractivity contribution in [2.45, 2.75) is 31.8 Å². The van der Waals surface area contributed by atoms with Gasteiger partial charge < -0.3 is 14.7 Å². The van der Waals surface area contributed by atoms with E-state index in [1.54, 1.807) is 6.07 Å². The van der Waals surface area contributed by atoms with Gasteiger partial charge in [-0.2, -0.15) is 0 Å². The summed E-state index contributed by atoms with van der Waals surface area (Å²) >= 11 is 12.2. The fraction of sp³-hybridized carbons (Fsp3) is 0.296. The van der Waals surface area contributed by atoms with E-state index in [0.29, 0.717) is 42.7 Å². The Morgan fingerprint density at radius 1 is 0.971 bits per heavy atom. The van der Waals surface area contributed by atoms with Crippen LogP contribution >= 0.6 is 23.2 Å². The zero-order chi connectivity index (χ0) is 23.8. The van der Waals surface area contributed by atoms with Crippen LogP contribution in [0.15, 0.2) is 84.0 Å². The summed E-state index contributed by atoms with van der Waals surface area (Å²) in [5.41, 5.74) is 4.00. The first kappa shape index (κ1) is 24.7. The molecule has 0 unspecified atom stereocenters. The van der Waals surface area contributed by atoms with E-state index < -0.39 is 6.10 Å². The lowest BCUT2D eigenvalue weighted by Gasteiger charge is -2.27. The monoisotopic (exact) mass is 498 g/mol. The van der Waals surface area contributed by atoms with Gasteiger partial charge in [-0.25, -0.2) is 0 Å². The normalized spacial score (nSPS) is 16.4. The van der Waals surface area contributed by atoms with Gasteiger partial charge in [0, 0.05) is 31.6 Å². The Balaban J connectivity index is 1.33. The van der Waals surface area contributed by atoms with Crippen LogP contribution in [0.4, 0.5) is 0 Å². The molecule has 178 valence electrons. The predicted octanol–water partition coefficient (Wildman–Crippen LogP) is 5.57. The second kappa shape index (κ2) is 12.3. The molecule has 5 nitrogen and oxygen atoms in total. The predicted molar refractivity (Wildman–Crippen MR) is 136 cm³/mol. The van der Waals surface area contributed by atoms with Crippen molar-refractivity contribution >= 4 is 28.9 Å². The molecule has 0 aliphatic carbocycles. The molecule has 1 N–H and O–H groups in total. The summed E-state index contributed by atoms with van der Waals surface area (Å²) in [5.74, 6) is 0. The summed E-state index contributed by atoms with van der Waals surface area (Å²) in [4.78, 5) is 7.92. The van der Waals surface area contributed by atoms with Gasteiger partial charge in [0.25, 0.3) is 0 Å². The van der Waals surface area contributed by atoms with Crippen molar-refractivity contribution in [3.05, 3.63) is 106 Å². The standard InChI is InChI=1S/C27H28Cl2N2O3/c28-25-12-11-22(13-26(25)29)27-14-24(34-30-27)17-31(15-20-7-3-1-4-8-20)16-23(32)19-33-18-21-9-5-2-6-10-21/h1-13,23-24,32H,14-19H2/t23-,24+/m0/s1. The molecule has 0 fully saturated rings. The third kappa shape index (κ3) is 7.29. The van der Waals surface area contributed by atoms with Crippen molar-refractivity contribution in [1.29, 1.82) is 0 Å². The molecule has 4 rings (SSSR count). The van der Waals surface area contributed by atoms with Crippen LogP contribution in [0.2, 0.25) is 10.0 Å². The first-order valence-electron chi connectivity index (χ1n) is 11.3. The molecule has 3 aromatic rings. The van der Waals surface area contributed by atoms with Gasteiger partial charge in [-0.3, -0.25) is 4.90 Å². The van der Waals surface area contributed by atoms with Crippen molar-refractivity contribution in [1.82, 2.24) is 4.90 Å². The van der Waals surface area contributed by atoms with Crippen molar-refractivity contribution in [2.75, 3.05) is 19.7 Å². The Bertz CT molecular complexity index is 1080. The van der Waals surface area contributed by atoms with Crippen LogP contribution in [0.5, 0.6) is 0 Å². The molecular formula is C27H28Cl2N2O3. The summed E-state index contributed by atoms with van der Waals surface area (Å²) in [7, 11) is 0. The molecule has 0 aromatic heterocycles. The van der Waals surface area contributed by atoms with E-state index in [0.717, 1.165) is 16.8 Å². The number of rotatable bonds is 11. The SMILES string of the molecule is O[C@H](COCc1ccccc1)CN(Cc1ccccc1)C[C@H]1CC(c2ccc(Cl)c(Cl)c2)=NO1. The molecule has 0 saturated carbocycles. The number of ether oxygens (including phenoxy) is 1. The first-order valence-corrected chi connectivity index (χ1v) is 12.1. The molecule has 1 heterocycles. The lowest BCUT2D eigenvalue weighted by Crippen LogP contribution is -2.39. The van der Waals surface area contributed by atoms with Crippen molar-refractivity contribution in [3.8, 4) is 0 Å². The van der Waals surface area contributed by atoms with Gasteiger partial charge in [0.1, 0.15) is 6.10 Å². The van der Waals surface area contributed by atoms with E-state index in [-0.39, 0.29) is 12.7 Å². The molecule has 0 saturated heterocycles. The van der Waals surface area contributed by atoms with Crippen molar-refractivity contribution in [2.24, 2.45) is 5.16 Å². The van der Waals surface area contributed by atoms with Crippen molar-refractivity contribution in [3.63, 3.8) is 0 Å². The van der Waals surface area contributed by atoms with E-state index in [1.807, 2.05) is 60.7 Å². The number of aliphatic hydroxyl groups is 1. The van der Waals surface area contributed by atoms with Crippen LogP contribution in [0, 0.1) is 0 Å². The van der Waals surface area contributed by atoms with Gasteiger partial charge in [0.15, 0.2) is 0 Å². The summed E-state index contributed by atoms with van der Waals surface area (Å²) in [6.07, 6.45) is -0.0842. The van der Waals surface area contributed by atoms with E-state index in [2.05, 4.69) is 22.2 Å². The number of aliphatic hydroxyl groups excluding tert-OH is 1. The zero-order valence-corrected chi connectivity index (χ0v) is 20.3. The Kier molecular flexibility index (Phi) is 8.97. The van der Waals surface area contributed by atoms with E-state index in [4.69, 9.17) is 32.8 Å². The average molecular weight is 499 g/mol. The number of oxime groups is 1. The minimum Gasteiger partial charge on any atom is -0.390 e. The third-order valence-corrected chi connectivity index (χ3v) is 6.33. The summed E-state index contributed by atoms with van der Waals surface area (Å²) in [6, 6.07) is 25.6. The quantitative estimate of drug-likeness (QED) is 0.375. The van der Waals surface area contributed by atoms with Crippen LogP contribution in [-0.4, -0.2) is 47.6 Å². The topological polar surface area (TPSA) is 54.3 Å². The van der Waals surface area contributed by atoms with Crippen LogP contribution < -0.4 is 0 Å². The maximum atomic E-state index is 10.7. The van der Waals surface area contributed by atoms with Gasteiger partial charge >= 0.3 is 0 Å². The van der Waals surface area contributed by atoms with E-state index in [1.165, 1.54) is 5.56 Å². The van der Waals surface area contributed by atoms with Crippen molar-refractivity contribution < 1.29 is 14.7 Å². The fourth-order valence-corrected chi connectivity index (χ4v) is 4.24. The number of hydrogen-bond donors (Lipinski definition) is 1. The van der Waals surface area contributed by atoms with Gasteiger partial charge in [-0.05, 0) is 23.3 Å². The summed E-state index contributed by atoms with van der Waals surface area (Å²) in [5, 5.41) is 16.0. The number of nitrogens with zero attached hydrogens (tertiary/aromatic N) is 2. The first-order chi connectivity index (χ1) is 16.6. The minimum absolute atomic E-state index is 0.120. The lowest BCUT2D eigenvalue weighted by molar-refractivity contribution is -0.00648. The van der Waals surface area contributed by atoms with Gasteiger partial charge in [-0.1, -0.05) is 95.1 Å². The maximum Gasteiger partial charge on any atom is 0.145 e. The average Bonchev–Trinajstić information content (AvgIpc) is 3.30. The summed E-state index contributed by atoms with van der Waals surface area (Å²) in [6.45, 7) is 2.52. The van der Waals surface area contributed by atoms with Gasteiger partial charge in [-0.15, -0.1) is 0 Å². The molecular weight excluding hydrogens is 471 g/mol. The molecule has 0 radical (unpaired) electrons. The highest BCUT2D eigenvalue weighted by Gasteiger charge is 2.26. The molecule has 3 aromatic carbocycles. The minimum atomic E-state index is -0.621. The molecule has 1 aliphatic rings. The smallest absolute Gasteiger partial charge is 0.145 e. The number of halogens is 2. The Morgan fingerprint density at radius 2 is 1.68 bits per heavy atom. The van der Waals surface area contributed by atoms with Crippen LogP contribution in [0.1, 0.15) is 23.1 Å². The lowest BCUT2D eigenvalue weighted by atomic mass is 10.0. The second-order valence-corrected chi connectivity index (χ2v) is 9.25. The van der Waals surface area contributed by atoms with Crippen LogP contribution in [0.3, 0.4) is 0 Å². The molecule has 2 atom stereocenters. The zero-order valence-electron chi connectivity index (χ0n) is 18.8.